The number of piperidine rings is 1. The van der Waals surface area contributed by atoms with E-state index in [0.717, 1.165) is 31.5 Å². The van der Waals surface area contributed by atoms with E-state index in [-0.39, 0.29) is 17.6 Å². The minimum Gasteiger partial charge on any atom is -0.342 e. The van der Waals surface area contributed by atoms with Crippen molar-refractivity contribution in [2.45, 2.75) is 26.2 Å². The van der Waals surface area contributed by atoms with E-state index in [2.05, 4.69) is 5.32 Å². The number of rotatable bonds is 5. The van der Waals surface area contributed by atoms with Gasteiger partial charge in [0.15, 0.2) is 0 Å². The number of aryl methyl sites for hydroxylation is 1. The van der Waals surface area contributed by atoms with E-state index in [9.17, 15) is 9.59 Å². The molecule has 6 heteroatoms. The van der Waals surface area contributed by atoms with Crippen LogP contribution in [0, 0.1) is 6.92 Å². The Hall–Kier alpha value is -1.20. The second-order valence-electron chi connectivity index (χ2n) is 5.45. The number of thioether (sulfide) groups is 1. The normalized spacial score (nSPS) is 14.7. The number of amides is 2. The quantitative estimate of drug-likeness (QED) is 0.894. The fraction of sp³-hybridized carbons (Fsp3) is 0.500. The van der Waals surface area contributed by atoms with Crippen LogP contribution in [-0.2, 0) is 9.59 Å². The van der Waals surface area contributed by atoms with E-state index in [4.69, 9.17) is 11.6 Å². The molecule has 2 amide bonds. The summed E-state index contributed by atoms with van der Waals surface area (Å²) in [5.74, 6) is 0.653. The summed E-state index contributed by atoms with van der Waals surface area (Å²) in [7, 11) is 0. The number of hydrogen-bond donors (Lipinski definition) is 1. The maximum Gasteiger partial charge on any atom is 0.234 e. The van der Waals surface area contributed by atoms with Gasteiger partial charge < -0.3 is 10.2 Å². The van der Waals surface area contributed by atoms with Crippen LogP contribution < -0.4 is 5.32 Å². The smallest absolute Gasteiger partial charge is 0.234 e. The van der Waals surface area contributed by atoms with Crippen LogP contribution in [0.5, 0.6) is 0 Å². The number of carbonyl (C=O) groups is 2. The van der Waals surface area contributed by atoms with Crippen LogP contribution in [0.2, 0.25) is 5.02 Å². The molecule has 1 N–H and O–H groups in total. The van der Waals surface area contributed by atoms with Gasteiger partial charge >= 0.3 is 0 Å². The number of nitrogens with zero attached hydrogens (tertiary/aromatic N) is 1. The predicted molar refractivity (Wildman–Crippen MR) is 92.6 cm³/mol. The van der Waals surface area contributed by atoms with Gasteiger partial charge in [-0.25, -0.2) is 0 Å². The van der Waals surface area contributed by atoms with Crippen molar-refractivity contribution in [3.05, 3.63) is 28.8 Å². The van der Waals surface area contributed by atoms with E-state index >= 15 is 0 Å². The van der Waals surface area contributed by atoms with Crippen LogP contribution in [0.3, 0.4) is 0 Å². The van der Waals surface area contributed by atoms with Crippen molar-refractivity contribution < 1.29 is 9.59 Å². The number of carbonyl (C=O) groups excluding carboxylic acids is 2. The highest BCUT2D eigenvalue weighted by Crippen LogP contribution is 2.20. The van der Waals surface area contributed by atoms with Gasteiger partial charge in [0.2, 0.25) is 11.8 Å². The monoisotopic (exact) mass is 340 g/mol. The van der Waals surface area contributed by atoms with E-state index < -0.39 is 0 Å². The van der Waals surface area contributed by atoms with Crippen LogP contribution in [0.4, 0.5) is 5.69 Å². The van der Waals surface area contributed by atoms with Gasteiger partial charge in [-0.1, -0.05) is 17.7 Å². The molecule has 2 rings (SSSR count). The van der Waals surface area contributed by atoms with Crippen LogP contribution in [0.1, 0.15) is 24.8 Å². The second kappa shape index (κ2) is 8.44. The lowest BCUT2D eigenvalue weighted by Gasteiger charge is -2.26. The summed E-state index contributed by atoms with van der Waals surface area (Å²) in [6, 6.07) is 5.42. The van der Waals surface area contributed by atoms with Crippen LogP contribution in [0.25, 0.3) is 0 Å². The number of anilines is 1. The zero-order valence-electron chi connectivity index (χ0n) is 12.7. The van der Waals surface area contributed by atoms with Gasteiger partial charge in [0, 0.05) is 23.8 Å². The Kier molecular flexibility index (Phi) is 6.58. The fourth-order valence-electron chi connectivity index (χ4n) is 2.33. The highest BCUT2D eigenvalue weighted by Gasteiger charge is 2.16. The van der Waals surface area contributed by atoms with Crippen LogP contribution in [-0.4, -0.2) is 41.3 Å². The molecule has 1 aromatic rings. The first-order chi connectivity index (χ1) is 10.6. The van der Waals surface area contributed by atoms with Crippen molar-refractivity contribution in [1.29, 1.82) is 0 Å². The molecule has 0 saturated carbocycles. The van der Waals surface area contributed by atoms with Gasteiger partial charge in [-0.3, -0.25) is 9.59 Å². The first-order valence-electron chi connectivity index (χ1n) is 7.48. The van der Waals surface area contributed by atoms with Crippen LogP contribution in [0.15, 0.2) is 18.2 Å². The van der Waals surface area contributed by atoms with Crippen molar-refractivity contribution in [1.82, 2.24) is 4.90 Å². The summed E-state index contributed by atoms with van der Waals surface area (Å²) < 4.78 is 0. The highest BCUT2D eigenvalue weighted by molar-refractivity contribution is 8.00. The standard InChI is InChI=1S/C16H21ClN2O2S/c1-12-5-6-13(9-14(12)17)18-15(20)10-22-11-16(21)19-7-3-2-4-8-19/h5-6,9H,2-4,7-8,10-11H2,1H3,(H,18,20). The van der Waals surface area contributed by atoms with Crippen molar-refractivity contribution in [3.8, 4) is 0 Å². The lowest BCUT2D eigenvalue weighted by atomic mass is 10.1. The van der Waals surface area contributed by atoms with E-state index in [1.54, 1.807) is 6.07 Å². The molecule has 1 heterocycles. The van der Waals surface area contributed by atoms with Gasteiger partial charge in [0.25, 0.3) is 0 Å². The molecule has 1 saturated heterocycles. The number of likely N-dealkylation sites (tertiary alicyclic amines) is 1. The van der Waals surface area contributed by atoms with Crippen molar-refractivity contribution >= 4 is 40.9 Å². The Morgan fingerprint density at radius 2 is 1.95 bits per heavy atom. The molecule has 1 fully saturated rings. The molecule has 1 aliphatic heterocycles. The number of hydrogen-bond acceptors (Lipinski definition) is 3. The first-order valence-corrected chi connectivity index (χ1v) is 9.01. The Bertz CT molecular complexity index is 545. The fourth-order valence-corrected chi connectivity index (χ4v) is 3.23. The Balaban J connectivity index is 1.71. The van der Waals surface area contributed by atoms with Gasteiger partial charge in [-0.15, -0.1) is 11.8 Å². The van der Waals surface area contributed by atoms with E-state index in [0.29, 0.717) is 16.5 Å². The summed E-state index contributed by atoms with van der Waals surface area (Å²) >= 11 is 7.38. The summed E-state index contributed by atoms with van der Waals surface area (Å²) in [6.07, 6.45) is 3.38. The van der Waals surface area contributed by atoms with Gasteiger partial charge in [-0.2, -0.15) is 0 Å². The lowest BCUT2D eigenvalue weighted by Crippen LogP contribution is -2.37. The molecule has 0 atom stereocenters. The lowest BCUT2D eigenvalue weighted by molar-refractivity contribution is -0.129. The molecule has 0 unspecified atom stereocenters. The highest BCUT2D eigenvalue weighted by atomic mass is 35.5. The molecule has 0 bridgehead atoms. The zero-order valence-corrected chi connectivity index (χ0v) is 14.3. The second-order valence-corrected chi connectivity index (χ2v) is 6.84. The molecule has 22 heavy (non-hydrogen) atoms. The third-order valence-corrected chi connectivity index (χ3v) is 4.95. The van der Waals surface area contributed by atoms with Crippen LogP contribution >= 0.6 is 23.4 Å². The minimum atomic E-state index is -0.114. The predicted octanol–water partition coefficient (Wildman–Crippen LogP) is 3.33. The molecule has 0 aliphatic carbocycles. The van der Waals surface area contributed by atoms with Crippen molar-refractivity contribution in [2.75, 3.05) is 29.9 Å². The third kappa shape index (κ3) is 5.21. The summed E-state index contributed by atoms with van der Waals surface area (Å²) in [4.78, 5) is 25.7. The van der Waals surface area contributed by atoms with Crippen molar-refractivity contribution in [2.24, 2.45) is 0 Å². The molecular weight excluding hydrogens is 320 g/mol. The number of halogens is 1. The molecular formula is C16H21ClN2O2S. The Morgan fingerprint density at radius 3 is 2.64 bits per heavy atom. The maximum absolute atomic E-state index is 12.0. The van der Waals surface area contributed by atoms with Gasteiger partial charge in [-0.05, 0) is 43.9 Å². The molecule has 1 aromatic carbocycles. The van der Waals surface area contributed by atoms with E-state index in [1.165, 1.54) is 18.2 Å². The SMILES string of the molecule is Cc1ccc(NC(=O)CSCC(=O)N2CCCCC2)cc1Cl. The topological polar surface area (TPSA) is 49.4 Å². The summed E-state index contributed by atoms with van der Waals surface area (Å²) in [5, 5.41) is 3.42. The molecule has 0 spiro atoms. The molecule has 0 radical (unpaired) electrons. The van der Waals surface area contributed by atoms with Crippen molar-refractivity contribution in [3.63, 3.8) is 0 Å². The molecule has 1 aliphatic rings. The maximum atomic E-state index is 12.0. The molecule has 4 nitrogen and oxygen atoms in total. The van der Waals surface area contributed by atoms with E-state index in [1.807, 2.05) is 24.0 Å². The summed E-state index contributed by atoms with van der Waals surface area (Å²) in [5.41, 5.74) is 1.66. The first kappa shape index (κ1) is 17.2. The molecule has 120 valence electrons. The molecule has 0 aromatic heterocycles. The minimum absolute atomic E-state index is 0.114. The average molecular weight is 341 g/mol. The zero-order chi connectivity index (χ0) is 15.9. The Morgan fingerprint density at radius 1 is 1.23 bits per heavy atom. The van der Waals surface area contributed by atoms with Gasteiger partial charge in [0.1, 0.15) is 0 Å². The third-order valence-electron chi connectivity index (χ3n) is 3.62. The number of benzene rings is 1. The van der Waals surface area contributed by atoms with Gasteiger partial charge in [0.05, 0.1) is 11.5 Å². The Labute approximate surface area is 140 Å². The number of nitrogens with one attached hydrogen (secondary N) is 1. The largest absolute Gasteiger partial charge is 0.342 e. The summed E-state index contributed by atoms with van der Waals surface area (Å²) in [6.45, 7) is 3.62. The average Bonchev–Trinajstić information content (AvgIpc) is 2.51.